The molecule has 2 aromatic heterocycles. The summed E-state index contributed by atoms with van der Waals surface area (Å²) in [6.45, 7) is 6.54. The summed E-state index contributed by atoms with van der Waals surface area (Å²) >= 11 is 0. The lowest BCUT2D eigenvalue weighted by Crippen LogP contribution is -2.39. The van der Waals surface area contributed by atoms with Gasteiger partial charge in [0.25, 0.3) is 0 Å². The van der Waals surface area contributed by atoms with Crippen LogP contribution in [0.15, 0.2) is 28.7 Å². The summed E-state index contributed by atoms with van der Waals surface area (Å²) in [6, 6.07) is 6.02. The van der Waals surface area contributed by atoms with Crippen LogP contribution in [-0.2, 0) is 5.41 Å². The number of nitrogens with one attached hydrogen (secondary N) is 1. The van der Waals surface area contributed by atoms with Gasteiger partial charge in [0.1, 0.15) is 11.6 Å². The van der Waals surface area contributed by atoms with Crippen molar-refractivity contribution in [3.05, 3.63) is 53.0 Å². The van der Waals surface area contributed by atoms with E-state index in [1.54, 1.807) is 6.92 Å². The molecule has 0 radical (unpaired) electrons. The lowest BCUT2D eigenvalue weighted by Gasteiger charge is -2.40. The van der Waals surface area contributed by atoms with Gasteiger partial charge < -0.3 is 9.73 Å². The van der Waals surface area contributed by atoms with Crippen molar-refractivity contribution in [1.82, 2.24) is 20.4 Å². The monoisotopic (exact) mass is 413 g/mol. The van der Waals surface area contributed by atoms with Gasteiger partial charge in [-0.25, -0.2) is 8.78 Å². The first kappa shape index (κ1) is 20.4. The third kappa shape index (κ3) is 3.55. The van der Waals surface area contributed by atoms with Crippen LogP contribution in [-0.4, -0.2) is 26.9 Å². The molecule has 158 valence electrons. The maximum absolute atomic E-state index is 14.3. The van der Waals surface area contributed by atoms with Crippen molar-refractivity contribution < 1.29 is 13.2 Å². The molecular formula is C22H25F2N5O. The molecule has 4 rings (SSSR count). The molecule has 3 aromatic rings. The fourth-order valence-electron chi connectivity index (χ4n) is 4.40. The van der Waals surface area contributed by atoms with Gasteiger partial charge in [0.05, 0.1) is 17.0 Å². The number of fused-ring (bicyclic) bond motifs is 1. The highest BCUT2D eigenvalue weighted by Crippen LogP contribution is 2.46. The molecule has 0 unspecified atom stereocenters. The zero-order valence-corrected chi connectivity index (χ0v) is 17.4. The van der Waals surface area contributed by atoms with Crippen molar-refractivity contribution in [2.24, 2.45) is 0 Å². The van der Waals surface area contributed by atoms with Crippen LogP contribution in [0.4, 0.5) is 14.8 Å². The molecule has 0 fully saturated rings. The Hall–Kier alpha value is -2.90. The Morgan fingerprint density at radius 2 is 1.90 bits per heavy atom. The summed E-state index contributed by atoms with van der Waals surface area (Å²) in [6.07, 6.45) is 3.65. The van der Waals surface area contributed by atoms with Gasteiger partial charge in [-0.1, -0.05) is 25.0 Å². The average Bonchev–Trinajstić information content (AvgIpc) is 3.17. The van der Waals surface area contributed by atoms with Gasteiger partial charge in [-0.05, 0) is 55.4 Å². The number of hydrogen-bond acceptors (Lipinski definition) is 6. The molecule has 1 aromatic carbocycles. The van der Waals surface area contributed by atoms with Crippen LogP contribution in [0.1, 0.15) is 62.6 Å². The minimum atomic E-state index is -0.636. The second-order valence-electron chi connectivity index (χ2n) is 7.89. The summed E-state index contributed by atoms with van der Waals surface area (Å²) in [5, 5.41) is 19.9. The Kier molecular flexibility index (Phi) is 5.49. The molecule has 0 spiro atoms. The van der Waals surface area contributed by atoms with E-state index in [9.17, 15) is 8.78 Å². The lowest BCUT2D eigenvalue weighted by molar-refractivity contribution is 0.320. The number of anilines is 1. The van der Waals surface area contributed by atoms with Gasteiger partial charge in [-0.2, -0.15) is 10.2 Å². The molecule has 0 amide bonds. The third-order valence-electron chi connectivity index (χ3n) is 6.23. The molecule has 6 nitrogen and oxygen atoms in total. The quantitative estimate of drug-likeness (QED) is 0.601. The number of aryl methyl sites for hydroxylation is 1. The van der Waals surface area contributed by atoms with Gasteiger partial charge in [0.2, 0.25) is 5.89 Å². The minimum absolute atomic E-state index is 0.130. The van der Waals surface area contributed by atoms with Crippen LogP contribution < -0.4 is 5.32 Å². The van der Waals surface area contributed by atoms with E-state index < -0.39 is 11.6 Å². The first-order valence-electron chi connectivity index (χ1n) is 10.3. The zero-order chi connectivity index (χ0) is 21.3. The fourth-order valence-corrected chi connectivity index (χ4v) is 4.40. The zero-order valence-electron chi connectivity index (χ0n) is 17.4. The van der Waals surface area contributed by atoms with E-state index in [1.807, 2.05) is 6.07 Å². The summed E-state index contributed by atoms with van der Waals surface area (Å²) in [5.74, 6) is -0.504. The molecule has 8 heteroatoms. The van der Waals surface area contributed by atoms with Gasteiger partial charge in [0, 0.05) is 18.9 Å². The maximum Gasteiger partial charge on any atom is 0.315 e. The normalized spacial score (nSPS) is 20.8. The Morgan fingerprint density at radius 1 is 1.13 bits per heavy atom. The predicted octanol–water partition coefficient (Wildman–Crippen LogP) is 5.16. The number of benzene rings is 1. The largest absolute Gasteiger partial charge is 0.408 e. The molecule has 0 aliphatic heterocycles. The first-order valence-corrected chi connectivity index (χ1v) is 10.3. The van der Waals surface area contributed by atoms with Gasteiger partial charge in [0.15, 0.2) is 0 Å². The Balaban J connectivity index is 1.75. The van der Waals surface area contributed by atoms with Crippen molar-refractivity contribution in [2.75, 3.05) is 11.9 Å². The smallest absolute Gasteiger partial charge is 0.315 e. The van der Waals surface area contributed by atoms with Crippen molar-refractivity contribution in [1.29, 1.82) is 0 Å². The second kappa shape index (κ2) is 8.08. The van der Waals surface area contributed by atoms with Crippen LogP contribution in [0.2, 0.25) is 0 Å². The van der Waals surface area contributed by atoms with Crippen molar-refractivity contribution in [3.8, 4) is 11.3 Å². The molecule has 30 heavy (non-hydrogen) atoms. The highest BCUT2D eigenvalue weighted by atomic mass is 19.1. The maximum atomic E-state index is 14.3. The number of nitrogens with zero attached hydrogens (tertiary/aromatic N) is 4. The van der Waals surface area contributed by atoms with E-state index in [4.69, 9.17) is 4.42 Å². The first-order chi connectivity index (χ1) is 14.5. The Morgan fingerprint density at radius 3 is 2.53 bits per heavy atom. The fraction of sp³-hybridized carbons (Fsp3) is 0.455. The topological polar surface area (TPSA) is 76.7 Å². The Labute approximate surface area is 174 Å². The summed E-state index contributed by atoms with van der Waals surface area (Å²) < 4.78 is 34.1. The van der Waals surface area contributed by atoms with Crippen LogP contribution in [0.3, 0.4) is 0 Å². The van der Waals surface area contributed by atoms with Crippen molar-refractivity contribution in [2.45, 2.75) is 57.8 Å². The predicted molar refractivity (Wildman–Crippen MR) is 109 cm³/mol. The molecule has 2 atom stereocenters. The number of rotatable bonds is 6. The summed E-state index contributed by atoms with van der Waals surface area (Å²) in [5.41, 5.74) is 1.72. The van der Waals surface area contributed by atoms with E-state index in [0.29, 0.717) is 18.5 Å². The standard InChI is InChI=1S/C22H25F2N5O/c1-4-14-9-10-22(5-2,12-25-21-29-26-13(3)30-21)20-15(14)11-18(27-28-20)19-16(23)7-6-8-17(19)24/h6-8,11,14H,4-5,9-10,12H2,1-3H3,(H,25,29)/t14-,22+/m0/s1. The molecular weight excluding hydrogens is 388 g/mol. The third-order valence-corrected chi connectivity index (χ3v) is 6.23. The van der Waals surface area contributed by atoms with Gasteiger partial charge in [-0.3, -0.25) is 0 Å². The van der Waals surface area contributed by atoms with Crippen molar-refractivity contribution in [3.63, 3.8) is 0 Å². The van der Waals surface area contributed by atoms with E-state index in [1.165, 1.54) is 18.2 Å². The van der Waals surface area contributed by atoms with Crippen LogP contribution >= 0.6 is 0 Å². The van der Waals surface area contributed by atoms with Crippen LogP contribution in [0.25, 0.3) is 11.3 Å². The molecule has 2 heterocycles. The van der Waals surface area contributed by atoms with Gasteiger partial charge in [-0.15, -0.1) is 5.10 Å². The van der Waals surface area contributed by atoms with E-state index in [2.05, 4.69) is 39.6 Å². The Bertz CT molecular complexity index is 1030. The van der Waals surface area contributed by atoms with Crippen LogP contribution in [0, 0.1) is 18.6 Å². The number of aromatic nitrogens is 4. The number of hydrogen-bond donors (Lipinski definition) is 1. The highest BCUT2D eigenvalue weighted by Gasteiger charge is 2.40. The van der Waals surface area contributed by atoms with E-state index >= 15 is 0 Å². The minimum Gasteiger partial charge on any atom is -0.408 e. The number of halogens is 2. The second-order valence-corrected chi connectivity index (χ2v) is 7.89. The van der Waals surface area contributed by atoms with Gasteiger partial charge >= 0.3 is 6.01 Å². The lowest BCUT2D eigenvalue weighted by atomic mass is 9.67. The van der Waals surface area contributed by atoms with E-state index in [0.717, 1.165) is 36.9 Å². The highest BCUT2D eigenvalue weighted by molar-refractivity contribution is 5.62. The summed E-state index contributed by atoms with van der Waals surface area (Å²) in [7, 11) is 0. The SMILES string of the molecule is CC[C@H]1CC[C@](CC)(CNc2nnc(C)o2)c2nnc(-c3c(F)cccc3F)cc21. The molecule has 1 N–H and O–H groups in total. The summed E-state index contributed by atoms with van der Waals surface area (Å²) in [4.78, 5) is 0. The van der Waals surface area contributed by atoms with E-state index in [-0.39, 0.29) is 22.6 Å². The average molecular weight is 413 g/mol. The molecule has 0 saturated carbocycles. The molecule has 1 aliphatic rings. The molecule has 0 saturated heterocycles. The van der Waals surface area contributed by atoms with Crippen molar-refractivity contribution >= 4 is 6.01 Å². The molecule has 1 aliphatic carbocycles. The van der Waals surface area contributed by atoms with Crippen LogP contribution in [0.5, 0.6) is 0 Å². The molecule has 0 bridgehead atoms.